The van der Waals surface area contributed by atoms with Crippen LogP contribution in [-0.2, 0) is 0 Å². The SMILES string of the molecule is CNC(C)c1c(F)cccc1N(C)CC1CC2CCC1C2. The summed E-state index contributed by atoms with van der Waals surface area (Å²) in [6.45, 7) is 3.08. The summed E-state index contributed by atoms with van der Waals surface area (Å²) >= 11 is 0. The molecule has 0 heterocycles. The number of hydrogen-bond acceptors (Lipinski definition) is 2. The number of nitrogens with one attached hydrogen (secondary N) is 1. The van der Waals surface area contributed by atoms with Gasteiger partial charge >= 0.3 is 0 Å². The zero-order chi connectivity index (χ0) is 15.0. The van der Waals surface area contributed by atoms with Gasteiger partial charge in [0.15, 0.2) is 0 Å². The Hall–Kier alpha value is -1.09. The maximum atomic E-state index is 14.2. The lowest BCUT2D eigenvalue weighted by Crippen LogP contribution is -2.30. The summed E-state index contributed by atoms with van der Waals surface area (Å²) in [7, 11) is 4.00. The van der Waals surface area contributed by atoms with Gasteiger partial charge < -0.3 is 10.2 Å². The van der Waals surface area contributed by atoms with E-state index in [1.54, 1.807) is 6.07 Å². The third-order valence-electron chi connectivity index (χ3n) is 5.70. The fourth-order valence-electron chi connectivity index (χ4n) is 4.48. The molecule has 2 aliphatic rings. The van der Waals surface area contributed by atoms with E-state index in [0.717, 1.165) is 35.5 Å². The molecule has 0 amide bonds. The predicted octanol–water partition coefficient (Wildman–Crippen LogP) is 3.98. The highest BCUT2D eigenvalue weighted by atomic mass is 19.1. The molecular weight excluding hydrogens is 263 g/mol. The summed E-state index contributed by atoms with van der Waals surface area (Å²) in [6.07, 6.45) is 5.65. The summed E-state index contributed by atoms with van der Waals surface area (Å²) in [5.74, 6) is 2.58. The van der Waals surface area contributed by atoms with Crippen LogP contribution in [0.4, 0.5) is 10.1 Å². The summed E-state index contributed by atoms with van der Waals surface area (Å²) < 4.78 is 14.2. The Morgan fingerprint density at radius 1 is 1.33 bits per heavy atom. The van der Waals surface area contributed by atoms with Gasteiger partial charge in [-0.25, -0.2) is 4.39 Å². The van der Waals surface area contributed by atoms with Crippen LogP contribution >= 0.6 is 0 Å². The van der Waals surface area contributed by atoms with Crippen LogP contribution in [0.5, 0.6) is 0 Å². The summed E-state index contributed by atoms with van der Waals surface area (Å²) in [5, 5.41) is 3.17. The summed E-state index contributed by atoms with van der Waals surface area (Å²) in [5.41, 5.74) is 1.84. The highest BCUT2D eigenvalue weighted by molar-refractivity contribution is 5.55. The second kappa shape index (κ2) is 5.96. The van der Waals surface area contributed by atoms with Crippen LogP contribution in [0, 0.1) is 23.6 Å². The molecule has 0 aliphatic heterocycles. The second-order valence-electron chi connectivity index (χ2n) is 7.00. The molecule has 21 heavy (non-hydrogen) atoms. The van der Waals surface area contributed by atoms with E-state index in [0.29, 0.717) is 0 Å². The lowest BCUT2D eigenvalue weighted by atomic mass is 9.88. The van der Waals surface area contributed by atoms with Crippen LogP contribution in [0.25, 0.3) is 0 Å². The van der Waals surface area contributed by atoms with E-state index in [9.17, 15) is 4.39 Å². The van der Waals surface area contributed by atoms with E-state index in [4.69, 9.17) is 0 Å². The van der Waals surface area contributed by atoms with E-state index < -0.39 is 0 Å². The van der Waals surface area contributed by atoms with Gasteiger partial charge in [-0.05, 0) is 63.1 Å². The van der Waals surface area contributed by atoms with Crippen molar-refractivity contribution < 1.29 is 4.39 Å². The maximum absolute atomic E-state index is 14.2. The predicted molar refractivity (Wildman–Crippen MR) is 86.1 cm³/mol. The van der Waals surface area contributed by atoms with Gasteiger partial charge in [0.25, 0.3) is 0 Å². The van der Waals surface area contributed by atoms with Crippen molar-refractivity contribution in [2.24, 2.45) is 17.8 Å². The Kier molecular flexibility index (Phi) is 4.21. The third kappa shape index (κ3) is 2.80. The highest BCUT2D eigenvalue weighted by Crippen LogP contribution is 2.48. The molecule has 3 rings (SSSR count). The Balaban J connectivity index is 1.78. The van der Waals surface area contributed by atoms with Crippen LogP contribution in [0.1, 0.15) is 44.2 Å². The van der Waals surface area contributed by atoms with Gasteiger partial charge in [0, 0.05) is 30.9 Å². The monoisotopic (exact) mass is 290 g/mol. The van der Waals surface area contributed by atoms with E-state index in [-0.39, 0.29) is 11.9 Å². The maximum Gasteiger partial charge on any atom is 0.130 e. The van der Waals surface area contributed by atoms with Crippen LogP contribution < -0.4 is 10.2 Å². The molecule has 0 radical (unpaired) electrons. The van der Waals surface area contributed by atoms with Crippen molar-refractivity contribution in [1.82, 2.24) is 5.32 Å². The molecule has 0 spiro atoms. The molecule has 1 aromatic rings. The number of anilines is 1. The minimum absolute atomic E-state index is 0.0312. The quantitative estimate of drug-likeness (QED) is 0.882. The standard InChI is InChI=1S/C18H27FN2/c1-12(20-2)18-16(19)5-4-6-17(18)21(3)11-15-10-13-7-8-14(15)9-13/h4-6,12-15,20H,7-11H2,1-3H3. The number of fused-ring (bicyclic) bond motifs is 2. The summed E-state index contributed by atoms with van der Waals surface area (Å²) in [4.78, 5) is 2.28. The Morgan fingerprint density at radius 2 is 2.14 bits per heavy atom. The zero-order valence-corrected chi connectivity index (χ0v) is 13.4. The highest BCUT2D eigenvalue weighted by Gasteiger charge is 2.39. The van der Waals surface area contributed by atoms with E-state index in [2.05, 4.69) is 23.3 Å². The van der Waals surface area contributed by atoms with Crippen molar-refractivity contribution in [3.8, 4) is 0 Å². The van der Waals surface area contributed by atoms with Crippen molar-refractivity contribution in [2.75, 3.05) is 25.5 Å². The Labute approximate surface area is 127 Å². The zero-order valence-electron chi connectivity index (χ0n) is 13.4. The number of halogens is 1. The first-order valence-corrected chi connectivity index (χ1v) is 8.27. The van der Waals surface area contributed by atoms with Gasteiger partial charge in [-0.3, -0.25) is 0 Å². The molecular formula is C18H27FN2. The van der Waals surface area contributed by atoms with E-state index in [1.807, 2.05) is 20.0 Å². The molecule has 1 N–H and O–H groups in total. The molecule has 2 fully saturated rings. The van der Waals surface area contributed by atoms with Crippen molar-refractivity contribution in [2.45, 2.75) is 38.6 Å². The minimum atomic E-state index is -0.103. The minimum Gasteiger partial charge on any atom is -0.374 e. The molecule has 0 aromatic heterocycles. The van der Waals surface area contributed by atoms with Gasteiger partial charge in [-0.15, -0.1) is 0 Å². The Bertz CT molecular complexity index is 502. The van der Waals surface area contributed by atoms with Crippen LogP contribution in [0.2, 0.25) is 0 Å². The average Bonchev–Trinajstić information content (AvgIpc) is 3.08. The van der Waals surface area contributed by atoms with Gasteiger partial charge in [0.1, 0.15) is 5.82 Å². The van der Waals surface area contributed by atoms with E-state index >= 15 is 0 Å². The molecule has 2 aliphatic carbocycles. The molecule has 116 valence electrons. The molecule has 0 saturated heterocycles. The third-order valence-corrected chi connectivity index (χ3v) is 5.70. The number of hydrogen-bond donors (Lipinski definition) is 1. The Morgan fingerprint density at radius 3 is 2.76 bits per heavy atom. The lowest BCUT2D eigenvalue weighted by Gasteiger charge is -2.31. The van der Waals surface area contributed by atoms with E-state index in [1.165, 1.54) is 25.7 Å². The van der Waals surface area contributed by atoms with Crippen LogP contribution in [0.15, 0.2) is 18.2 Å². The second-order valence-corrected chi connectivity index (χ2v) is 7.00. The van der Waals surface area contributed by atoms with Crippen LogP contribution in [0.3, 0.4) is 0 Å². The first-order chi connectivity index (χ1) is 10.1. The molecule has 1 aromatic carbocycles. The van der Waals surface area contributed by atoms with Crippen molar-refractivity contribution in [1.29, 1.82) is 0 Å². The number of nitrogens with zero attached hydrogens (tertiary/aromatic N) is 1. The smallest absolute Gasteiger partial charge is 0.130 e. The molecule has 2 saturated carbocycles. The molecule has 2 bridgehead atoms. The van der Waals surface area contributed by atoms with Gasteiger partial charge in [0.2, 0.25) is 0 Å². The van der Waals surface area contributed by atoms with Gasteiger partial charge in [0.05, 0.1) is 0 Å². The lowest BCUT2D eigenvalue weighted by molar-refractivity contribution is 0.337. The molecule has 3 heteroatoms. The van der Waals surface area contributed by atoms with Gasteiger partial charge in [-0.1, -0.05) is 12.5 Å². The van der Waals surface area contributed by atoms with Crippen molar-refractivity contribution >= 4 is 5.69 Å². The number of rotatable bonds is 5. The topological polar surface area (TPSA) is 15.3 Å². The van der Waals surface area contributed by atoms with Crippen LogP contribution in [-0.4, -0.2) is 20.6 Å². The number of benzene rings is 1. The molecule has 2 nitrogen and oxygen atoms in total. The molecule has 4 atom stereocenters. The first kappa shape index (κ1) is 14.8. The first-order valence-electron chi connectivity index (χ1n) is 8.27. The van der Waals surface area contributed by atoms with Crippen molar-refractivity contribution in [3.05, 3.63) is 29.6 Å². The average molecular weight is 290 g/mol. The largest absolute Gasteiger partial charge is 0.374 e. The fraction of sp³-hybridized carbons (Fsp3) is 0.667. The van der Waals surface area contributed by atoms with Crippen molar-refractivity contribution in [3.63, 3.8) is 0 Å². The van der Waals surface area contributed by atoms with Gasteiger partial charge in [-0.2, -0.15) is 0 Å². The molecule has 4 unspecified atom stereocenters. The fourth-order valence-corrected chi connectivity index (χ4v) is 4.48. The normalized spacial score (nSPS) is 28.9. The summed E-state index contributed by atoms with van der Waals surface area (Å²) in [6, 6.07) is 5.48.